The van der Waals surface area contributed by atoms with Gasteiger partial charge in [-0.3, -0.25) is 0 Å². The molecule has 7 heteroatoms. The Hall–Kier alpha value is -6.98. The molecule has 0 unspecified atom stereocenters. The zero-order chi connectivity index (χ0) is 59.0. The molecule has 3 aromatic heterocycles. The first-order valence-electron chi connectivity index (χ1n) is 29.6. The average molecular weight is 1210 g/mol. The summed E-state index contributed by atoms with van der Waals surface area (Å²) in [5, 5.41) is 4.37. The number of anilines is 4. The van der Waals surface area contributed by atoms with Gasteiger partial charge in [-0.1, -0.05) is 166 Å². The summed E-state index contributed by atoms with van der Waals surface area (Å²) in [6.45, 7) is 25.5. The van der Waals surface area contributed by atoms with Crippen molar-refractivity contribution in [3.63, 3.8) is 0 Å². The van der Waals surface area contributed by atoms with E-state index in [0.29, 0.717) is 39.8 Å². The van der Waals surface area contributed by atoms with Gasteiger partial charge in [0, 0.05) is 95.4 Å². The minimum absolute atomic E-state index is 0. The fraction of sp³-hybridized carbons (Fsp3) is 0.229. The molecule has 0 amide bonds. The molecule has 0 spiro atoms. The topological polar surface area (TPSA) is 33.5 Å². The summed E-state index contributed by atoms with van der Waals surface area (Å²) >= 11 is 1.75. The van der Waals surface area contributed by atoms with Crippen molar-refractivity contribution < 1.29 is 35.4 Å². The number of hydrogen-bond donors (Lipinski definition) is 0. The molecule has 0 saturated carbocycles. The second-order valence-electron chi connectivity index (χ2n) is 23.4. The number of rotatable bonds is 9. The number of ether oxygens (including phenoxy) is 1. The molecule has 0 fully saturated rings. The molecule has 1 aliphatic rings. The Kier molecular flexibility index (Phi) is 11.3. The monoisotopic (exact) mass is 1210 g/mol. The van der Waals surface area contributed by atoms with Crippen LogP contribution in [0, 0.1) is 24.7 Å². The predicted molar refractivity (Wildman–Crippen MR) is 323 cm³/mol. The molecule has 0 radical (unpaired) electrons. The average Bonchev–Trinajstić information content (AvgIpc) is 1.61. The first kappa shape index (κ1) is 44.0. The van der Waals surface area contributed by atoms with Gasteiger partial charge in [-0.05, 0) is 116 Å². The van der Waals surface area contributed by atoms with E-state index in [1.807, 2.05) is 81.2 Å². The molecule has 1 aliphatic heterocycles. The Labute approximate surface area is 483 Å². The maximum atomic E-state index is 9.48. The Balaban J connectivity index is 0.00000736. The van der Waals surface area contributed by atoms with E-state index in [9.17, 15) is 2.74 Å². The molecule has 0 atom stereocenters. The zero-order valence-corrected chi connectivity index (χ0v) is 48.4. The zero-order valence-electron chi connectivity index (χ0n) is 52.4. The van der Waals surface area contributed by atoms with E-state index in [-0.39, 0.29) is 55.5 Å². The number of nitrogens with zero attached hydrogens (tertiary/aromatic N) is 4. The van der Waals surface area contributed by atoms with E-state index in [2.05, 4.69) is 156 Å². The van der Waals surface area contributed by atoms with Gasteiger partial charge < -0.3 is 19.1 Å². The van der Waals surface area contributed by atoms with Crippen molar-refractivity contribution in [2.75, 3.05) is 9.80 Å². The number of benzene rings is 8. The van der Waals surface area contributed by atoms with Gasteiger partial charge in [0.25, 0.3) is 0 Å². The second kappa shape index (κ2) is 19.8. The molecule has 12 rings (SSSR count). The standard InChI is InChI=1S/C70H65N4OS.Pt/c1-44(2)34-45-32-33-71-64(35-45)74-61-31-30-55-54-24-15-18-27-63(54)76-67(55)65(61)56-29-28-53(42-62(56)74)75-52-23-19-22-51(41-52)72-43-73(60-26-17-16-25-59(60)72)66-57(46-20-13-12-14-21-46)39-50(70(9,10)11)40-58(66)47-36-48(68(3,4)5)38-49(37-47)69(6,7)8;/h12-33,35-40,43-44H,34H2,1-11H3;/q-3;/i12D,13D,14D,20D,21D,34D2;. The Morgan fingerprint density at radius 2 is 1.27 bits per heavy atom. The molecule has 5 nitrogen and oxygen atoms in total. The summed E-state index contributed by atoms with van der Waals surface area (Å²) in [5.74, 6) is 1.19. The summed E-state index contributed by atoms with van der Waals surface area (Å²) in [4.78, 5) is 9.03. The summed E-state index contributed by atoms with van der Waals surface area (Å²) in [7, 11) is 0. The van der Waals surface area contributed by atoms with Crippen LogP contribution in [-0.4, -0.2) is 9.55 Å². The smallest absolute Gasteiger partial charge is 0.135 e. The van der Waals surface area contributed by atoms with Crippen LogP contribution in [0.15, 0.2) is 170 Å². The SMILES string of the molecule is [2H]c1c([2H])c([2H])c(-c2cc(C(C)(C)C)cc(-c3cc(C(C)(C)C)cc(C(C)(C)C)c3)c2N2[CH-]N(c3[c-]c(Oc4[c-]c5c(cc4)c4c6sc7ccccc7c6ccc4n5-c4cc(C([2H])([2H])C(C)C)ccn4)ccc3)c3ccccc32)c([2H])c1[2H].[Pt]. The van der Waals surface area contributed by atoms with Crippen LogP contribution in [0.3, 0.4) is 0 Å². The third kappa shape index (κ3) is 9.67. The summed E-state index contributed by atoms with van der Waals surface area (Å²) in [6, 6.07) is 50.6. The molecule has 4 heterocycles. The van der Waals surface area contributed by atoms with Crippen LogP contribution in [0.4, 0.5) is 22.7 Å². The van der Waals surface area contributed by atoms with Crippen LogP contribution >= 0.6 is 11.3 Å². The molecular weight excluding hydrogens is 1140 g/mol. The van der Waals surface area contributed by atoms with E-state index in [1.54, 1.807) is 23.6 Å². The predicted octanol–water partition coefficient (Wildman–Crippen LogP) is 19.8. The van der Waals surface area contributed by atoms with Gasteiger partial charge in [-0.15, -0.1) is 59.4 Å². The maximum Gasteiger partial charge on any atom is 0.135 e. The molecule has 0 aliphatic carbocycles. The van der Waals surface area contributed by atoms with Crippen LogP contribution in [0.25, 0.3) is 70.0 Å². The van der Waals surface area contributed by atoms with Crippen molar-refractivity contribution in [2.24, 2.45) is 5.92 Å². The molecule has 0 saturated heterocycles. The summed E-state index contributed by atoms with van der Waals surface area (Å²) in [6.07, 6.45) is 0.0832. The first-order valence-corrected chi connectivity index (χ1v) is 26.9. The number of pyridine rings is 1. The van der Waals surface area contributed by atoms with Crippen molar-refractivity contribution in [3.8, 4) is 39.6 Å². The number of para-hydroxylation sites is 2. The third-order valence-corrected chi connectivity index (χ3v) is 15.6. The van der Waals surface area contributed by atoms with Crippen molar-refractivity contribution in [1.29, 1.82) is 0 Å². The number of thiophene rings is 1. The van der Waals surface area contributed by atoms with Gasteiger partial charge in [0.2, 0.25) is 0 Å². The van der Waals surface area contributed by atoms with E-state index in [1.165, 1.54) is 10.1 Å². The van der Waals surface area contributed by atoms with Crippen molar-refractivity contribution in [1.82, 2.24) is 9.55 Å². The molecule has 11 aromatic rings. The Bertz CT molecular complexity index is 4390. The first-order chi connectivity index (χ1) is 39.2. The van der Waals surface area contributed by atoms with E-state index in [0.717, 1.165) is 71.1 Å². The van der Waals surface area contributed by atoms with Crippen molar-refractivity contribution in [2.45, 2.75) is 98.8 Å². The van der Waals surface area contributed by atoms with Crippen LogP contribution in [0.5, 0.6) is 11.5 Å². The molecule has 8 aromatic carbocycles. The molecule has 390 valence electrons. The van der Waals surface area contributed by atoms with Gasteiger partial charge in [0.1, 0.15) is 5.82 Å². The van der Waals surface area contributed by atoms with Gasteiger partial charge in [0.15, 0.2) is 0 Å². The van der Waals surface area contributed by atoms with Crippen LogP contribution in [-0.2, 0) is 43.7 Å². The quantitative estimate of drug-likeness (QED) is 0.135. The van der Waals surface area contributed by atoms with Crippen molar-refractivity contribution in [3.05, 3.63) is 211 Å². The maximum absolute atomic E-state index is 9.48. The molecule has 77 heavy (non-hydrogen) atoms. The Morgan fingerprint density at radius 3 is 1.97 bits per heavy atom. The van der Waals surface area contributed by atoms with Gasteiger partial charge in [0.05, 0.1) is 6.85 Å². The minimum atomic E-state index is -1.60. The van der Waals surface area contributed by atoms with Gasteiger partial charge in [-0.25, -0.2) is 4.98 Å². The van der Waals surface area contributed by atoms with E-state index in [4.69, 9.17) is 16.6 Å². The number of aromatic nitrogens is 2. The molecule has 0 bridgehead atoms. The summed E-state index contributed by atoms with van der Waals surface area (Å²) < 4.78 is 74.8. The number of hydrogen-bond acceptors (Lipinski definition) is 5. The fourth-order valence-electron chi connectivity index (χ4n) is 10.5. The van der Waals surface area contributed by atoms with Crippen LogP contribution < -0.4 is 14.5 Å². The molecular formula is C70H65N4OPtS-3. The van der Waals surface area contributed by atoms with Crippen molar-refractivity contribution >= 4 is 76.1 Å². The van der Waals surface area contributed by atoms with E-state index >= 15 is 0 Å². The normalized spacial score (nSPS) is 14.6. The summed E-state index contributed by atoms with van der Waals surface area (Å²) in [5.41, 5.74) is 10.0. The van der Waals surface area contributed by atoms with Crippen LogP contribution in [0.2, 0.25) is 0 Å². The molecule has 0 N–H and O–H groups in total. The van der Waals surface area contributed by atoms with Gasteiger partial charge in [-0.2, -0.15) is 12.1 Å². The largest absolute Gasteiger partial charge is 0.509 e. The van der Waals surface area contributed by atoms with Gasteiger partial charge >= 0.3 is 0 Å². The second-order valence-corrected chi connectivity index (χ2v) is 24.4. The Morgan fingerprint density at radius 1 is 0.636 bits per heavy atom. The number of fused-ring (bicyclic) bond motifs is 8. The minimum Gasteiger partial charge on any atom is -0.509 e. The van der Waals surface area contributed by atoms with E-state index < -0.39 is 29.9 Å². The van der Waals surface area contributed by atoms with Crippen LogP contribution in [0.1, 0.15) is 108 Å². The fourth-order valence-corrected chi connectivity index (χ4v) is 11.7. The third-order valence-electron chi connectivity index (χ3n) is 14.4.